The molecule has 5 nitrogen and oxygen atoms in total. The molecule has 0 aromatic heterocycles. The molecule has 1 amide bonds. The van der Waals surface area contributed by atoms with Gasteiger partial charge in [-0.05, 0) is 6.08 Å². The number of allylic oxidation sites excluding steroid dienone is 2. The molecule has 1 unspecified atom stereocenters. The highest BCUT2D eigenvalue weighted by atomic mass is 16.7. The Morgan fingerprint density at radius 3 is 3.09 bits per heavy atom. The highest BCUT2D eigenvalue weighted by Crippen LogP contribution is 1.88. The molecule has 4 N–H and O–H groups in total. The van der Waals surface area contributed by atoms with Crippen LogP contribution in [0.2, 0.25) is 0 Å². The fourth-order valence-corrected chi connectivity index (χ4v) is 0.606. The van der Waals surface area contributed by atoms with Gasteiger partial charge in [0, 0.05) is 0 Å². The number of nitrogens with two attached hydrogens (primary N) is 1. The Balaban J connectivity index is 2.58. The molecule has 1 aliphatic heterocycles. The summed E-state index contributed by atoms with van der Waals surface area (Å²) in [5.74, 6) is -0.465. The van der Waals surface area contributed by atoms with Crippen molar-refractivity contribution in [3.63, 3.8) is 0 Å². The van der Waals surface area contributed by atoms with Gasteiger partial charge in [-0.15, -0.1) is 0 Å². The van der Waals surface area contributed by atoms with E-state index < -0.39 is 11.9 Å². The predicted octanol–water partition coefficient (Wildman–Crippen LogP) is -1.05. The average Bonchev–Trinajstić information content (AvgIpc) is 1.84. The quantitative estimate of drug-likeness (QED) is 0.451. The molecule has 0 aromatic carbocycles. The zero-order valence-corrected chi connectivity index (χ0v) is 5.78. The lowest BCUT2D eigenvalue weighted by atomic mass is 10.2. The van der Waals surface area contributed by atoms with E-state index in [2.05, 4.69) is 15.9 Å². The minimum atomic E-state index is -0.542. The van der Waals surface area contributed by atoms with Crippen LogP contribution in [0.15, 0.2) is 24.5 Å². The van der Waals surface area contributed by atoms with Crippen molar-refractivity contribution in [1.82, 2.24) is 11.0 Å². The second kappa shape index (κ2) is 3.75. The molecule has 1 atom stereocenters. The van der Waals surface area contributed by atoms with Crippen LogP contribution in [0.3, 0.4) is 0 Å². The van der Waals surface area contributed by atoms with E-state index in [-0.39, 0.29) is 0 Å². The van der Waals surface area contributed by atoms with E-state index in [1.54, 1.807) is 18.2 Å². The zero-order valence-electron chi connectivity index (χ0n) is 5.78. The largest absolute Gasteiger partial charge is 0.402 e. The number of hydrogen-bond acceptors (Lipinski definition) is 4. The molecular formula is C6H9N3O2. The van der Waals surface area contributed by atoms with E-state index in [0.29, 0.717) is 0 Å². The Morgan fingerprint density at radius 1 is 1.55 bits per heavy atom. The topological polar surface area (TPSA) is 76.4 Å². The van der Waals surface area contributed by atoms with Crippen molar-refractivity contribution >= 4 is 5.91 Å². The number of primary amides is 1. The average molecular weight is 155 g/mol. The van der Waals surface area contributed by atoms with E-state index in [1.165, 1.54) is 6.26 Å². The number of hydrazine groups is 1. The molecule has 60 valence electrons. The standard InChI is InChI=1S/C6H9N3O2/c7-6(10)5-3-1-2-4-11-9-8-5/h1-5,8-9H,(H2,7,10)/b3-1-,4-2-. The van der Waals surface area contributed by atoms with E-state index >= 15 is 0 Å². The third-order valence-corrected chi connectivity index (χ3v) is 1.14. The summed E-state index contributed by atoms with van der Waals surface area (Å²) in [6.07, 6.45) is 6.36. The second-order valence-corrected chi connectivity index (χ2v) is 1.96. The van der Waals surface area contributed by atoms with Crippen LogP contribution < -0.4 is 16.7 Å². The van der Waals surface area contributed by atoms with Gasteiger partial charge in [-0.3, -0.25) is 4.79 Å². The van der Waals surface area contributed by atoms with Gasteiger partial charge >= 0.3 is 0 Å². The van der Waals surface area contributed by atoms with Crippen LogP contribution in [0, 0.1) is 0 Å². The molecule has 0 saturated heterocycles. The normalized spacial score (nSPS) is 29.3. The molecule has 1 rings (SSSR count). The number of carbonyl (C=O) groups is 1. The molecule has 5 heteroatoms. The first-order chi connectivity index (χ1) is 5.30. The number of amides is 1. The second-order valence-electron chi connectivity index (χ2n) is 1.96. The molecular weight excluding hydrogens is 146 g/mol. The summed E-state index contributed by atoms with van der Waals surface area (Å²) in [5.41, 5.74) is 9.88. The summed E-state index contributed by atoms with van der Waals surface area (Å²) in [4.78, 5) is 15.3. The van der Waals surface area contributed by atoms with Crippen molar-refractivity contribution in [2.75, 3.05) is 0 Å². The van der Waals surface area contributed by atoms with Gasteiger partial charge < -0.3 is 10.6 Å². The first-order valence-corrected chi connectivity index (χ1v) is 3.09. The van der Waals surface area contributed by atoms with Gasteiger partial charge in [0.15, 0.2) is 0 Å². The maximum Gasteiger partial charge on any atom is 0.239 e. The van der Waals surface area contributed by atoms with Gasteiger partial charge in [0.25, 0.3) is 0 Å². The molecule has 0 saturated carbocycles. The number of carbonyl (C=O) groups excluding carboxylic acids is 1. The number of hydrogen-bond donors (Lipinski definition) is 3. The monoisotopic (exact) mass is 155 g/mol. The van der Waals surface area contributed by atoms with E-state index in [1.807, 2.05) is 0 Å². The van der Waals surface area contributed by atoms with Crippen LogP contribution in [-0.4, -0.2) is 11.9 Å². The minimum Gasteiger partial charge on any atom is -0.402 e. The van der Waals surface area contributed by atoms with Crippen LogP contribution in [0.1, 0.15) is 0 Å². The summed E-state index contributed by atoms with van der Waals surface area (Å²) in [7, 11) is 0. The molecule has 0 aromatic rings. The Morgan fingerprint density at radius 2 is 2.36 bits per heavy atom. The fourth-order valence-electron chi connectivity index (χ4n) is 0.606. The Kier molecular flexibility index (Phi) is 2.65. The fraction of sp³-hybridized carbons (Fsp3) is 0.167. The molecule has 0 fully saturated rings. The van der Waals surface area contributed by atoms with Crippen molar-refractivity contribution in [3.05, 3.63) is 24.5 Å². The summed E-state index contributed by atoms with van der Waals surface area (Å²) in [6.45, 7) is 0. The Labute approximate surface area is 63.8 Å². The van der Waals surface area contributed by atoms with Gasteiger partial charge in [0.2, 0.25) is 5.91 Å². The van der Waals surface area contributed by atoms with Crippen molar-refractivity contribution in [1.29, 1.82) is 0 Å². The highest BCUT2D eigenvalue weighted by molar-refractivity contribution is 5.81. The lowest BCUT2D eigenvalue weighted by Crippen LogP contribution is -2.46. The first kappa shape index (κ1) is 7.77. The van der Waals surface area contributed by atoms with Crippen LogP contribution >= 0.6 is 0 Å². The SMILES string of the molecule is NC(=O)C1/C=C\C=C/ONN1. The minimum absolute atomic E-state index is 0.465. The van der Waals surface area contributed by atoms with E-state index in [9.17, 15) is 4.79 Å². The molecule has 0 aliphatic carbocycles. The number of nitrogens with one attached hydrogen (secondary N) is 2. The van der Waals surface area contributed by atoms with Gasteiger partial charge in [0.1, 0.15) is 12.3 Å². The van der Waals surface area contributed by atoms with Crippen molar-refractivity contribution in [2.24, 2.45) is 5.73 Å². The van der Waals surface area contributed by atoms with Gasteiger partial charge in [-0.1, -0.05) is 17.7 Å². The van der Waals surface area contributed by atoms with Crippen LogP contribution in [-0.2, 0) is 9.63 Å². The molecule has 1 heterocycles. The third kappa shape index (κ3) is 2.40. The summed E-state index contributed by atoms with van der Waals surface area (Å²) in [5, 5.41) is 0. The van der Waals surface area contributed by atoms with Crippen LogP contribution in [0.5, 0.6) is 0 Å². The third-order valence-electron chi connectivity index (χ3n) is 1.14. The van der Waals surface area contributed by atoms with Crippen molar-refractivity contribution in [3.8, 4) is 0 Å². The molecule has 1 aliphatic rings. The van der Waals surface area contributed by atoms with Crippen molar-refractivity contribution in [2.45, 2.75) is 6.04 Å². The smallest absolute Gasteiger partial charge is 0.239 e. The van der Waals surface area contributed by atoms with E-state index in [4.69, 9.17) is 5.73 Å². The highest BCUT2D eigenvalue weighted by Gasteiger charge is 2.09. The summed E-state index contributed by atoms with van der Waals surface area (Å²) in [6, 6.07) is -0.542. The van der Waals surface area contributed by atoms with Crippen LogP contribution in [0.4, 0.5) is 0 Å². The molecule has 0 bridgehead atoms. The maximum absolute atomic E-state index is 10.6. The number of rotatable bonds is 1. The maximum atomic E-state index is 10.6. The van der Waals surface area contributed by atoms with Crippen molar-refractivity contribution < 1.29 is 9.63 Å². The van der Waals surface area contributed by atoms with Gasteiger partial charge in [0.05, 0.1) is 0 Å². The summed E-state index contributed by atoms with van der Waals surface area (Å²) >= 11 is 0. The van der Waals surface area contributed by atoms with Gasteiger partial charge in [-0.25, -0.2) is 5.43 Å². The van der Waals surface area contributed by atoms with E-state index in [0.717, 1.165) is 0 Å². The lowest BCUT2D eigenvalue weighted by molar-refractivity contribution is -0.120. The first-order valence-electron chi connectivity index (χ1n) is 3.09. The van der Waals surface area contributed by atoms with Crippen LogP contribution in [0.25, 0.3) is 0 Å². The summed E-state index contributed by atoms with van der Waals surface area (Å²) < 4.78 is 0. The molecule has 0 spiro atoms. The predicted molar refractivity (Wildman–Crippen MR) is 38.6 cm³/mol. The zero-order chi connectivity index (χ0) is 8.10. The van der Waals surface area contributed by atoms with Gasteiger partial charge in [-0.2, -0.15) is 0 Å². The Hall–Kier alpha value is -1.33. The molecule has 11 heavy (non-hydrogen) atoms. The Bertz CT molecular complexity index is 200. The lowest BCUT2D eigenvalue weighted by Gasteiger charge is -2.12. The molecule has 0 radical (unpaired) electrons.